The van der Waals surface area contributed by atoms with Crippen molar-refractivity contribution in [3.8, 4) is 5.75 Å². The average molecular weight is 216 g/mol. The van der Waals surface area contributed by atoms with Gasteiger partial charge in [0.1, 0.15) is 5.75 Å². The summed E-state index contributed by atoms with van der Waals surface area (Å²) in [6, 6.07) is 10.9. The molecule has 3 heteroatoms. The van der Waals surface area contributed by atoms with E-state index in [9.17, 15) is 4.79 Å². The van der Waals surface area contributed by atoms with Crippen LogP contribution in [0.4, 0.5) is 0 Å². The van der Waals surface area contributed by atoms with Crippen molar-refractivity contribution in [2.24, 2.45) is 0 Å². The smallest absolute Gasteiger partial charge is 0.235 e. The van der Waals surface area contributed by atoms with Crippen LogP contribution in [0.1, 0.15) is 16.1 Å². The summed E-state index contributed by atoms with van der Waals surface area (Å²) >= 11 is 0. The summed E-state index contributed by atoms with van der Waals surface area (Å²) in [7, 11) is 0. The number of Topliss-reactive ketones (excluding diaryl/α,β-unsaturated/α-hetero) is 1. The van der Waals surface area contributed by atoms with E-state index in [-0.39, 0.29) is 12.4 Å². The largest absolute Gasteiger partial charge is 0.485 e. The summed E-state index contributed by atoms with van der Waals surface area (Å²) in [5.74, 6) is 0.893. The lowest BCUT2D eigenvalue weighted by Crippen LogP contribution is -2.11. The molecule has 16 heavy (non-hydrogen) atoms. The molecule has 0 saturated carbocycles. The number of carbonyl (C=O) groups is 1. The molecule has 0 bridgehead atoms. The normalized spacial score (nSPS) is 10.1. The fourth-order valence-corrected chi connectivity index (χ4v) is 1.37. The Labute approximate surface area is 93.7 Å². The van der Waals surface area contributed by atoms with E-state index in [1.54, 1.807) is 12.1 Å². The number of para-hydroxylation sites is 1. The molecule has 0 saturated heterocycles. The molecule has 0 spiro atoms. The maximum absolute atomic E-state index is 11.6. The Morgan fingerprint density at radius 2 is 2.06 bits per heavy atom. The van der Waals surface area contributed by atoms with Gasteiger partial charge in [-0.15, -0.1) is 0 Å². The van der Waals surface area contributed by atoms with Crippen molar-refractivity contribution in [3.05, 3.63) is 54.0 Å². The zero-order chi connectivity index (χ0) is 11.4. The Morgan fingerprint density at radius 3 is 2.75 bits per heavy atom. The molecule has 0 atom stereocenters. The van der Waals surface area contributed by atoms with Gasteiger partial charge in [0.2, 0.25) is 5.78 Å². The second-order valence-electron chi connectivity index (χ2n) is 3.45. The monoisotopic (exact) mass is 216 g/mol. The lowest BCUT2D eigenvalue weighted by Gasteiger charge is -2.06. The number of rotatable bonds is 4. The van der Waals surface area contributed by atoms with Gasteiger partial charge in [-0.1, -0.05) is 18.2 Å². The molecule has 0 N–H and O–H groups in total. The molecule has 0 amide bonds. The molecule has 1 aromatic carbocycles. The molecule has 0 radical (unpaired) electrons. The molecule has 0 fully saturated rings. The first kappa shape index (κ1) is 10.5. The van der Waals surface area contributed by atoms with Crippen molar-refractivity contribution in [1.29, 1.82) is 0 Å². The van der Waals surface area contributed by atoms with Gasteiger partial charge >= 0.3 is 0 Å². The van der Waals surface area contributed by atoms with E-state index in [1.807, 2.05) is 31.2 Å². The Morgan fingerprint density at radius 1 is 1.25 bits per heavy atom. The molecule has 2 aromatic rings. The van der Waals surface area contributed by atoms with Crippen molar-refractivity contribution in [1.82, 2.24) is 0 Å². The van der Waals surface area contributed by atoms with Crippen LogP contribution >= 0.6 is 0 Å². The van der Waals surface area contributed by atoms with Crippen LogP contribution in [0.2, 0.25) is 0 Å². The first-order chi connectivity index (χ1) is 7.77. The Bertz CT molecular complexity index is 472. The summed E-state index contributed by atoms with van der Waals surface area (Å²) in [5, 5.41) is 0. The van der Waals surface area contributed by atoms with Gasteiger partial charge in [0.05, 0.1) is 6.26 Å². The minimum absolute atomic E-state index is 0.00162. The van der Waals surface area contributed by atoms with E-state index in [0.717, 1.165) is 11.3 Å². The molecular weight excluding hydrogens is 204 g/mol. The van der Waals surface area contributed by atoms with Gasteiger partial charge in [-0.2, -0.15) is 0 Å². The molecular formula is C13H12O3. The average Bonchev–Trinajstić information content (AvgIpc) is 2.81. The maximum atomic E-state index is 11.6. The summed E-state index contributed by atoms with van der Waals surface area (Å²) in [6.45, 7) is 1.94. The summed E-state index contributed by atoms with van der Waals surface area (Å²) in [5.41, 5.74) is 1.01. The minimum Gasteiger partial charge on any atom is -0.485 e. The van der Waals surface area contributed by atoms with E-state index >= 15 is 0 Å². The standard InChI is InChI=1S/C13H12O3/c1-10-5-2-3-6-12(10)16-9-11(14)13-7-4-8-15-13/h2-8H,9H2,1H3. The quantitative estimate of drug-likeness (QED) is 0.738. The highest BCUT2D eigenvalue weighted by atomic mass is 16.5. The third kappa shape index (κ3) is 2.31. The van der Waals surface area contributed by atoms with E-state index in [2.05, 4.69) is 0 Å². The first-order valence-corrected chi connectivity index (χ1v) is 5.02. The van der Waals surface area contributed by atoms with Crippen molar-refractivity contribution in [3.63, 3.8) is 0 Å². The second kappa shape index (κ2) is 4.66. The van der Waals surface area contributed by atoms with Crippen molar-refractivity contribution < 1.29 is 13.9 Å². The highest BCUT2D eigenvalue weighted by Crippen LogP contribution is 2.16. The van der Waals surface area contributed by atoms with E-state index in [0.29, 0.717) is 5.76 Å². The van der Waals surface area contributed by atoms with E-state index < -0.39 is 0 Å². The maximum Gasteiger partial charge on any atom is 0.235 e. The zero-order valence-electron chi connectivity index (χ0n) is 8.97. The number of hydrogen-bond acceptors (Lipinski definition) is 3. The minimum atomic E-state index is -0.159. The molecule has 3 nitrogen and oxygen atoms in total. The Hall–Kier alpha value is -2.03. The van der Waals surface area contributed by atoms with Gasteiger partial charge in [-0.05, 0) is 30.7 Å². The molecule has 0 aliphatic carbocycles. The molecule has 1 heterocycles. The van der Waals surface area contributed by atoms with Crippen LogP contribution in [0.25, 0.3) is 0 Å². The fourth-order valence-electron chi connectivity index (χ4n) is 1.37. The number of ether oxygens (including phenoxy) is 1. The van der Waals surface area contributed by atoms with Gasteiger partial charge in [0.25, 0.3) is 0 Å². The van der Waals surface area contributed by atoms with Crippen LogP contribution < -0.4 is 4.74 Å². The number of furan rings is 1. The third-order valence-corrected chi connectivity index (χ3v) is 2.25. The molecule has 0 aliphatic rings. The van der Waals surface area contributed by atoms with Crippen molar-refractivity contribution in [2.75, 3.05) is 6.61 Å². The summed E-state index contributed by atoms with van der Waals surface area (Å²) in [4.78, 5) is 11.6. The van der Waals surface area contributed by atoms with E-state index in [1.165, 1.54) is 6.26 Å². The van der Waals surface area contributed by atoms with Crippen molar-refractivity contribution >= 4 is 5.78 Å². The van der Waals surface area contributed by atoms with Gasteiger partial charge in [0.15, 0.2) is 12.4 Å². The van der Waals surface area contributed by atoms with E-state index in [4.69, 9.17) is 9.15 Å². The van der Waals surface area contributed by atoms with Crippen LogP contribution in [0.5, 0.6) is 5.75 Å². The van der Waals surface area contributed by atoms with Gasteiger partial charge < -0.3 is 9.15 Å². The van der Waals surface area contributed by atoms with Gasteiger partial charge in [0, 0.05) is 0 Å². The van der Waals surface area contributed by atoms with Crippen molar-refractivity contribution in [2.45, 2.75) is 6.92 Å². The van der Waals surface area contributed by atoms with Crippen LogP contribution in [0.15, 0.2) is 47.1 Å². The molecule has 82 valence electrons. The third-order valence-electron chi connectivity index (χ3n) is 2.25. The molecule has 2 rings (SSSR count). The molecule has 0 unspecified atom stereocenters. The van der Waals surface area contributed by atoms with Crippen LogP contribution in [0, 0.1) is 6.92 Å². The highest BCUT2D eigenvalue weighted by molar-refractivity contribution is 5.94. The number of hydrogen-bond donors (Lipinski definition) is 0. The predicted molar refractivity (Wildman–Crippen MR) is 59.7 cm³/mol. The van der Waals surface area contributed by atoms with Crippen LogP contribution in [0.3, 0.4) is 0 Å². The SMILES string of the molecule is Cc1ccccc1OCC(=O)c1ccco1. The fraction of sp³-hybridized carbons (Fsp3) is 0.154. The number of benzene rings is 1. The highest BCUT2D eigenvalue weighted by Gasteiger charge is 2.09. The van der Waals surface area contributed by atoms with Gasteiger partial charge in [-0.25, -0.2) is 0 Å². The topological polar surface area (TPSA) is 39.4 Å². The number of carbonyl (C=O) groups excluding carboxylic acids is 1. The first-order valence-electron chi connectivity index (χ1n) is 5.02. The summed E-state index contributed by atoms with van der Waals surface area (Å²) in [6.07, 6.45) is 1.47. The lowest BCUT2D eigenvalue weighted by atomic mass is 10.2. The van der Waals surface area contributed by atoms with Gasteiger partial charge in [-0.3, -0.25) is 4.79 Å². The number of aryl methyl sites for hydroxylation is 1. The molecule has 1 aromatic heterocycles. The Balaban J connectivity index is 1.98. The Kier molecular flexibility index (Phi) is 3.05. The predicted octanol–water partition coefficient (Wildman–Crippen LogP) is 2.85. The summed E-state index contributed by atoms with van der Waals surface area (Å²) < 4.78 is 10.4. The van der Waals surface area contributed by atoms with Crippen LogP contribution in [-0.4, -0.2) is 12.4 Å². The second-order valence-corrected chi connectivity index (χ2v) is 3.45. The number of ketones is 1. The zero-order valence-corrected chi connectivity index (χ0v) is 8.97. The van der Waals surface area contributed by atoms with Crippen LogP contribution in [-0.2, 0) is 0 Å². The lowest BCUT2D eigenvalue weighted by molar-refractivity contribution is 0.0893. The molecule has 0 aliphatic heterocycles.